The average Bonchev–Trinajstić information content (AvgIpc) is 3.69. The number of hydrogen-bond donors (Lipinski definition) is 1. The maximum atomic E-state index is 13.3. The lowest BCUT2D eigenvalue weighted by Gasteiger charge is -2.30. The first kappa shape index (κ1) is 59.9. The van der Waals surface area contributed by atoms with Gasteiger partial charge < -0.3 is 28.8 Å². The van der Waals surface area contributed by atoms with Crippen molar-refractivity contribution in [3.05, 3.63) is 335 Å². The minimum absolute atomic E-state index is 0.275. The maximum Gasteiger partial charge on any atom is 0.323 e. The van der Waals surface area contributed by atoms with Crippen LogP contribution in [0.1, 0.15) is 55.6 Å². The van der Waals surface area contributed by atoms with Crippen molar-refractivity contribution in [2.45, 2.75) is 77.5 Å². The standard InChI is InChI=1S/C38H37NO4.C37H35NO4/c1-41-38(40)35(39(26-30-14-6-2-7-15-30)27-31-16-8-3-9-17-31)24-34-22-23-36(42-28-32-18-10-4-11-19-32)37(25-34)43-29-33-20-12-5-13-21-33;39-37(40)34(38(25-29-13-5-1-6-14-29)26-30-15-7-2-8-16-30)23-33-21-22-35(41-27-31-17-9-3-10-18-31)36(24-33)42-28-32-19-11-4-12-20-32/h2-23,25,35H,24,26-29H2,1H3;1-22,24,34H,23,25-28H2,(H,39,40). The number of nitrogens with zero attached hydrogens (tertiary/aromatic N) is 2. The Hall–Kier alpha value is -9.74. The highest BCUT2D eigenvalue weighted by molar-refractivity contribution is 5.76. The van der Waals surface area contributed by atoms with E-state index in [1.165, 1.54) is 7.11 Å². The normalized spacial score (nSPS) is 11.6. The molecule has 0 bridgehead atoms. The van der Waals surface area contributed by atoms with Crippen LogP contribution in [-0.2, 0) is 79.8 Å². The Kier molecular flexibility index (Phi) is 22.7. The predicted molar refractivity (Wildman–Crippen MR) is 335 cm³/mol. The summed E-state index contributed by atoms with van der Waals surface area (Å²) in [5.41, 5.74) is 10.4. The molecule has 1 N–H and O–H groups in total. The molecule has 0 spiro atoms. The zero-order valence-corrected chi connectivity index (χ0v) is 48.0. The topological polar surface area (TPSA) is 107 Å². The molecule has 0 radical (unpaired) electrons. The maximum absolute atomic E-state index is 13.3. The van der Waals surface area contributed by atoms with Crippen LogP contribution in [0.25, 0.3) is 0 Å². The molecule has 10 aromatic carbocycles. The Labute approximate surface area is 500 Å². The first-order valence-electron chi connectivity index (χ1n) is 28.7. The number of ether oxygens (including phenoxy) is 5. The van der Waals surface area contributed by atoms with Crippen molar-refractivity contribution < 1.29 is 38.4 Å². The van der Waals surface area contributed by atoms with Crippen LogP contribution >= 0.6 is 0 Å². The number of carboxylic acids is 1. The van der Waals surface area contributed by atoms with Gasteiger partial charge in [-0.2, -0.15) is 0 Å². The molecule has 0 aliphatic rings. The van der Waals surface area contributed by atoms with Crippen LogP contribution in [0.5, 0.6) is 23.0 Å². The van der Waals surface area contributed by atoms with Gasteiger partial charge in [0.1, 0.15) is 38.5 Å². The minimum Gasteiger partial charge on any atom is -0.485 e. The van der Waals surface area contributed by atoms with E-state index in [1.54, 1.807) is 0 Å². The second-order valence-corrected chi connectivity index (χ2v) is 20.7. The molecule has 0 saturated heterocycles. The zero-order chi connectivity index (χ0) is 58.7. The number of benzene rings is 10. The highest BCUT2D eigenvalue weighted by Crippen LogP contribution is 2.33. The van der Waals surface area contributed by atoms with E-state index in [0.29, 0.717) is 88.4 Å². The summed E-state index contributed by atoms with van der Waals surface area (Å²) in [4.78, 5) is 30.3. The largest absolute Gasteiger partial charge is 0.485 e. The Morgan fingerprint density at radius 1 is 0.318 bits per heavy atom. The van der Waals surface area contributed by atoms with Gasteiger partial charge >= 0.3 is 11.9 Å². The van der Waals surface area contributed by atoms with Gasteiger partial charge in [-0.1, -0.05) is 255 Å². The number of hydrogen-bond acceptors (Lipinski definition) is 9. The monoisotopic (exact) mass is 1130 g/mol. The van der Waals surface area contributed by atoms with Crippen LogP contribution in [0.3, 0.4) is 0 Å². The summed E-state index contributed by atoms with van der Waals surface area (Å²) in [5.74, 6) is 1.37. The van der Waals surface area contributed by atoms with E-state index in [-0.39, 0.29) is 5.97 Å². The molecule has 430 valence electrons. The molecule has 0 saturated carbocycles. The van der Waals surface area contributed by atoms with Crippen LogP contribution in [-0.4, -0.2) is 46.0 Å². The molecule has 0 aliphatic carbocycles. The highest BCUT2D eigenvalue weighted by Gasteiger charge is 2.29. The minimum atomic E-state index is -0.863. The molecule has 10 nitrogen and oxygen atoms in total. The van der Waals surface area contributed by atoms with Gasteiger partial charge in [0.25, 0.3) is 0 Å². The molecule has 10 heteroatoms. The molecule has 0 heterocycles. The Bertz CT molecular complexity index is 3460. The summed E-state index contributed by atoms with van der Waals surface area (Å²) in [5, 5.41) is 10.4. The third-order valence-electron chi connectivity index (χ3n) is 14.4. The third-order valence-corrected chi connectivity index (χ3v) is 14.4. The van der Waals surface area contributed by atoms with E-state index < -0.39 is 18.1 Å². The van der Waals surface area contributed by atoms with E-state index in [2.05, 4.69) is 29.2 Å². The lowest BCUT2D eigenvalue weighted by Crippen LogP contribution is -2.42. The lowest BCUT2D eigenvalue weighted by molar-refractivity contribution is -0.147. The van der Waals surface area contributed by atoms with Crippen LogP contribution in [0.4, 0.5) is 0 Å². The summed E-state index contributed by atoms with van der Waals surface area (Å²) in [7, 11) is 1.45. The van der Waals surface area contributed by atoms with Crippen molar-refractivity contribution in [2.24, 2.45) is 0 Å². The Morgan fingerprint density at radius 2 is 0.565 bits per heavy atom. The second kappa shape index (κ2) is 32.2. The summed E-state index contributed by atoms with van der Waals surface area (Å²) in [6.07, 6.45) is 0.767. The number of esters is 1. The van der Waals surface area contributed by atoms with Crippen molar-refractivity contribution in [1.82, 2.24) is 9.80 Å². The van der Waals surface area contributed by atoms with Crippen LogP contribution < -0.4 is 18.9 Å². The first-order chi connectivity index (χ1) is 41.8. The summed E-state index contributed by atoms with van der Waals surface area (Å²) < 4.78 is 30.3. The Balaban J connectivity index is 0.000000204. The molecule has 0 amide bonds. The molecule has 10 rings (SSSR count). The van der Waals surface area contributed by atoms with E-state index in [1.807, 2.05) is 260 Å². The molecule has 85 heavy (non-hydrogen) atoms. The number of methoxy groups -OCH3 is 1. The molecule has 10 aromatic rings. The first-order valence-corrected chi connectivity index (χ1v) is 28.7. The van der Waals surface area contributed by atoms with Crippen molar-refractivity contribution in [2.75, 3.05) is 7.11 Å². The zero-order valence-electron chi connectivity index (χ0n) is 48.0. The van der Waals surface area contributed by atoms with Gasteiger partial charge in [0.05, 0.1) is 7.11 Å². The van der Waals surface area contributed by atoms with E-state index >= 15 is 0 Å². The fourth-order valence-electron chi connectivity index (χ4n) is 9.91. The third kappa shape index (κ3) is 19.2. The number of carbonyl (C=O) groups is 2. The van der Waals surface area contributed by atoms with Crippen LogP contribution in [0.15, 0.2) is 279 Å². The quantitative estimate of drug-likeness (QED) is 0.0477. The number of aliphatic carboxylic acids is 1. The molecular formula is C75H72N2O8. The fraction of sp³-hybridized carbons (Fsp3) is 0.173. The number of carbonyl (C=O) groups excluding carboxylic acids is 1. The van der Waals surface area contributed by atoms with Crippen LogP contribution in [0, 0.1) is 0 Å². The van der Waals surface area contributed by atoms with E-state index in [9.17, 15) is 14.7 Å². The molecule has 2 atom stereocenters. The summed E-state index contributed by atoms with van der Waals surface area (Å²) in [6, 6.07) is 90.9. The van der Waals surface area contributed by atoms with E-state index in [4.69, 9.17) is 23.7 Å². The molecule has 2 unspecified atom stereocenters. The van der Waals surface area contributed by atoms with Gasteiger partial charge in [0.15, 0.2) is 23.0 Å². The van der Waals surface area contributed by atoms with Gasteiger partial charge in [0, 0.05) is 26.2 Å². The van der Waals surface area contributed by atoms with Gasteiger partial charge in [-0.3, -0.25) is 19.4 Å². The van der Waals surface area contributed by atoms with Crippen molar-refractivity contribution in [3.63, 3.8) is 0 Å². The van der Waals surface area contributed by atoms with E-state index in [0.717, 1.165) is 55.6 Å². The van der Waals surface area contributed by atoms with Crippen molar-refractivity contribution in [3.8, 4) is 23.0 Å². The van der Waals surface area contributed by atoms with Crippen molar-refractivity contribution >= 4 is 11.9 Å². The lowest BCUT2D eigenvalue weighted by atomic mass is 10.0. The average molecular weight is 1130 g/mol. The van der Waals surface area contributed by atoms with Gasteiger partial charge in [0.2, 0.25) is 0 Å². The van der Waals surface area contributed by atoms with Crippen molar-refractivity contribution in [1.29, 1.82) is 0 Å². The predicted octanol–water partition coefficient (Wildman–Crippen LogP) is 15.2. The van der Waals surface area contributed by atoms with Gasteiger partial charge in [-0.05, 0) is 92.7 Å². The summed E-state index contributed by atoms with van der Waals surface area (Å²) in [6.45, 7) is 3.85. The Morgan fingerprint density at radius 3 is 0.835 bits per heavy atom. The van der Waals surface area contributed by atoms with Gasteiger partial charge in [-0.15, -0.1) is 0 Å². The molecule has 0 aromatic heterocycles. The number of rotatable bonds is 28. The molecular weight excluding hydrogens is 1060 g/mol. The highest BCUT2D eigenvalue weighted by atomic mass is 16.5. The molecule has 0 aliphatic heterocycles. The van der Waals surface area contributed by atoms with Gasteiger partial charge in [-0.25, -0.2) is 0 Å². The number of carboxylic acid groups (broad SMARTS) is 1. The smallest absolute Gasteiger partial charge is 0.323 e. The summed E-state index contributed by atoms with van der Waals surface area (Å²) >= 11 is 0. The fourth-order valence-corrected chi connectivity index (χ4v) is 9.91. The SMILES string of the molecule is COC(=O)C(Cc1ccc(OCc2ccccc2)c(OCc2ccccc2)c1)N(Cc1ccccc1)Cc1ccccc1.O=C(O)C(Cc1ccc(OCc2ccccc2)c(OCc2ccccc2)c1)N(Cc1ccccc1)Cc1ccccc1. The van der Waals surface area contributed by atoms with Crippen LogP contribution in [0.2, 0.25) is 0 Å². The molecule has 0 fully saturated rings. The second-order valence-electron chi connectivity index (χ2n) is 20.7.